The Balaban J connectivity index is 2.57. The lowest BCUT2D eigenvalue weighted by atomic mass is 10.0. The Morgan fingerprint density at radius 1 is 1.00 bits per heavy atom. The molecule has 0 fully saturated rings. The van der Waals surface area contributed by atoms with Gasteiger partial charge in [-0.05, 0) is 67.9 Å². The van der Waals surface area contributed by atoms with Gasteiger partial charge in [0.15, 0.2) is 0 Å². The van der Waals surface area contributed by atoms with Crippen LogP contribution < -0.4 is 10.4 Å². The highest BCUT2D eigenvalue weighted by Gasteiger charge is 2.16. The van der Waals surface area contributed by atoms with Crippen LogP contribution in [-0.4, -0.2) is 0 Å². The average molecular weight is 282 g/mol. The topological polar surface area (TPSA) is 0 Å². The van der Waals surface area contributed by atoms with Crippen LogP contribution >= 0.6 is 22.6 Å². The lowest BCUT2D eigenvalue weighted by molar-refractivity contribution is 0.988. The predicted octanol–water partition coefficient (Wildman–Crippen LogP) is 2.12. The lowest BCUT2D eigenvalue weighted by Crippen LogP contribution is -2.31. The SMILES string of the molecule is IC1=c2cccc3c2=C(CC1)CC3. The summed E-state index contributed by atoms with van der Waals surface area (Å²) < 4.78 is 1.56. The number of rotatable bonds is 0. The van der Waals surface area contributed by atoms with E-state index in [9.17, 15) is 0 Å². The summed E-state index contributed by atoms with van der Waals surface area (Å²) in [6, 6.07) is 6.78. The molecule has 2 aliphatic carbocycles. The molecule has 66 valence electrons. The first-order chi connectivity index (χ1) is 6.36. The van der Waals surface area contributed by atoms with Crippen molar-refractivity contribution in [1.82, 2.24) is 0 Å². The molecule has 1 aromatic carbocycles. The molecule has 2 aliphatic rings. The second kappa shape index (κ2) is 2.84. The van der Waals surface area contributed by atoms with Crippen LogP contribution in [-0.2, 0) is 6.42 Å². The normalized spacial score (nSPS) is 19.2. The summed E-state index contributed by atoms with van der Waals surface area (Å²) >= 11 is 2.51. The molecule has 1 heteroatoms. The number of hydrogen-bond donors (Lipinski definition) is 0. The second-order valence-corrected chi connectivity index (χ2v) is 5.15. The highest BCUT2D eigenvalue weighted by Crippen LogP contribution is 2.26. The van der Waals surface area contributed by atoms with Crippen LogP contribution in [0.4, 0.5) is 0 Å². The van der Waals surface area contributed by atoms with E-state index in [1.165, 1.54) is 30.9 Å². The van der Waals surface area contributed by atoms with Gasteiger partial charge in [0.1, 0.15) is 0 Å². The van der Waals surface area contributed by atoms with Gasteiger partial charge >= 0.3 is 0 Å². The molecular formula is C12H11I. The van der Waals surface area contributed by atoms with E-state index >= 15 is 0 Å². The number of halogens is 1. The van der Waals surface area contributed by atoms with Crippen molar-refractivity contribution in [3.63, 3.8) is 0 Å². The molecule has 0 aliphatic heterocycles. The smallest absolute Gasteiger partial charge is 0.00124 e. The second-order valence-electron chi connectivity index (χ2n) is 3.85. The summed E-state index contributed by atoms with van der Waals surface area (Å²) in [5.74, 6) is 0. The molecular weight excluding hydrogens is 271 g/mol. The summed E-state index contributed by atoms with van der Waals surface area (Å²) in [6.07, 6.45) is 5.17. The van der Waals surface area contributed by atoms with Gasteiger partial charge in [-0.1, -0.05) is 23.8 Å². The van der Waals surface area contributed by atoms with Crippen molar-refractivity contribution in [2.75, 3.05) is 0 Å². The monoisotopic (exact) mass is 282 g/mol. The van der Waals surface area contributed by atoms with Crippen LogP contribution in [0.3, 0.4) is 0 Å². The van der Waals surface area contributed by atoms with Crippen LogP contribution in [0, 0.1) is 0 Å². The van der Waals surface area contributed by atoms with Crippen LogP contribution in [0.1, 0.15) is 24.8 Å². The van der Waals surface area contributed by atoms with Crippen molar-refractivity contribution in [1.29, 1.82) is 0 Å². The molecule has 0 saturated carbocycles. The Morgan fingerprint density at radius 2 is 1.85 bits per heavy atom. The van der Waals surface area contributed by atoms with E-state index in [1.54, 1.807) is 19.9 Å². The van der Waals surface area contributed by atoms with E-state index < -0.39 is 0 Å². The molecule has 0 spiro atoms. The third-order valence-corrected chi connectivity index (χ3v) is 4.26. The Hall–Kier alpha value is -0.310. The maximum Gasteiger partial charge on any atom is -0.00124 e. The molecule has 0 amide bonds. The van der Waals surface area contributed by atoms with Gasteiger partial charge in [-0.2, -0.15) is 0 Å². The highest BCUT2D eigenvalue weighted by atomic mass is 127. The van der Waals surface area contributed by atoms with Crippen molar-refractivity contribution in [3.8, 4) is 0 Å². The highest BCUT2D eigenvalue weighted by molar-refractivity contribution is 14.1. The van der Waals surface area contributed by atoms with Crippen molar-refractivity contribution < 1.29 is 0 Å². The molecule has 3 rings (SSSR count). The van der Waals surface area contributed by atoms with Gasteiger partial charge in [0.25, 0.3) is 0 Å². The molecule has 0 radical (unpaired) electrons. The standard InChI is InChI=1S/C12H11I/c13-11-7-6-9-5-4-8-2-1-3-10(11)12(8)9/h1-3H,4-7H2. The molecule has 1 aromatic rings. The Kier molecular flexibility index (Phi) is 1.76. The van der Waals surface area contributed by atoms with Crippen molar-refractivity contribution in [2.24, 2.45) is 0 Å². The van der Waals surface area contributed by atoms with E-state index in [4.69, 9.17) is 0 Å². The first-order valence-corrected chi connectivity index (χ1v) is 5.93. The van der Waals surface area contributed by atoms with E-state index in [-0.39, 0.29) is 0 Å². The van der Waals surface area contributed by atoms with Crippen LogP contribution in [0.15, 0.2) is 18.2 Å². The summed E-state index contributed by atoms with van der Waals surface area (Å²) in [6.45, 7) is 0. The lowest BCUT2D eigenvalue weighted by Gasteiger charge is -2.08. The van der Waals surface area contributed by atoms with Gasteiger partial charge in [-0.25, -0.2) is 0 Å². The first kappa shape index (κ1) is 8.04. The fourth-order valence-corrected chi connectivity index (χ4v) is 3.23. The third kappa shape index (κ3) is 1.09. The maximum absolute atomic E-state index is 2.51. The Morgan fingerprint density at radius 3 is 2.77 bits per heavy atom. The van der Waals surface area contributed by atoms with Gasteiger partial charge in [0.2, 0.25) is 0 Å². The molecule has 0 aromatic heterocycles. The molecule has 0 atom stereocenters. The number of aryl methyl sites for hydroxylation is 1. The van der Waals surface area contributed by atoms with E-state index in [0.717, 1.165) is 0 Å². The number of hydrogen-bond acceptors (Lipinski definition) is 0. The zero-order chi connectivity index (χ0) is 8.84. The molecule has 0 bridgehead atoms. The minimum Gasteiger partial charge on any atom is -0.0614 e. The van der Waals surface area contributed by atoms with Gasteiger partial charge in [0.05, 0.1) is 0 Å². The van der Waals surface area contributed by atoms with Crippen LogP contribution in [0.25, 0.3) is 9.15 Å². The summed E-state index contributed by atoms with van der Waals surface area (Å²) in [5.41, 5.74) is 3.30. The minimum atomic E-state index is 1.27. The molecule has 0 N–H and O–H groups in total. The summed E-state index contributed by atoms with van der Waals surface area (Å²) in [5, 5.41) is 3.13. The maximum atomic E-state index is 2.51. The van der Waals surface area contributed by atoms with Crippen LogP contribution in [0.5, 0.6) is 0 Å². The van der Waals surface area contributed by atoms with Gasteiger partial charge in [0, 0.05) is 0 Å². The minimum absolute atomic E-state index is 1.27. The summed E-state index contributed by atoms with van der Waals surface area (Å²) in [4.78, 5) is 0. The van der Waals surface area contributed by atoms with Crippen LogP contribution in [0.2, 0.25) is 0 Å². The summed E-state index contributed by atoms with van der Waals surface area (Å²) in [7, 11) is 0. The number of benzene rings is 1. The average Bonchev–Trinajstić information content (AvgIpc) is 2.57. The molecule has 13 heavy (non-hydrogen) atoms. The van der Waals surface area contributed by atoms with Crippen molar-refractivity contribution >= 4 is 31.7 Å². The molecule has 0 unspecified atom stereocenters. The van der Waals surface area contributed by atoms with E-state index in [0.29, 0.717) is 0 Å². The van der Waals surface area contributed by atoms with E-state index in [1.807, 2.05) is 0 Å². The van der Waals surface area contributed by atoms with E-state index in [2.05, 4.69) is 40.8 Å². The molecule has 0 saturated heterocycles. The zero-order valence-corrected chi connectivity index (χ0v) is 9.60. The first-order valence-electron chi connectivity index (χ1n) is 4.85. The predicted molar refractivity (Wildman–Crippen MR) is 64.1 cm³/mol. The largest absolute Gasteiger partial charge is 0.0614 e. The molecule has 0 heterocycles. The zero-order valence-electron chi connectivity index (χ0n) is 7.44. The molecule has 0 nitrogen and oxygen atoms in total. The quantitative estimate of drug-likeness (QED) is 0.639. The third-order valence-electron chi connectivity index (χ3n) is 3.14. The van der Waals surface area contributed by atoms with Gasteiger partial charge in [-0.15, -0.1) is 0 Å². The van der Waals surface area contributed by atoms with Gasteiger partial charge < -0.3 is 0 Å². The fraction of sp³-hybridized carbons (Fsp3) is 0.333. The van der Waals surface area contributed by atoms with Crippen molar-refractivity contribution in [2.45, 2.75) is 25.7 Å². The van der Waals surface area contributed by atoms with Gasteiger partial charge in [-0.3, -0.25) is 0 Å². The fourth-order valence-electron chi connectivity index (χ4n) is 2.51. The van der Waals surface area contributed by atoms with Crippen molar-refractivity contribution in [3.05, 3.63) is 34.2 Å². The Bertz CT molecular complexity index is 482. The Labute approximate surface area is 91.5 Å².